The Balaban J connectivity index is 2.74. The first kappa shape index (κ1) is 26.2. The topological polar surface area (TPSA) is 145 Å². The van der Waals surface area contributed by atoms with Crippen molar-refractivity contribution in [3.05, 3.63) is 0 Å². The minimum absolute atomic E-state index is 0.0318. The summed E-state index contributed by atoms with van der Waals surface area (Å²) in [6, 6.07) is -0.733. The molecule has 174 valence electrons. The molecule has 1 rings (SSSR count). The van der Waals surface area contributed by atoms with Crippen LogP contribution in [-0.2, 0) is 42.8 Å². The molecule has 5 atom stereocenters. The third kappa shape index (κ3) is 9.81. The van der Waals surface area contributed by atoms with Gasteiger partial charge in [-0.2, -0.15) is 0 Å². The van der Waals surface area contributed by atoms with Gasteiger partial charge >= 0.3 is 11.9 Å². The SMILES string of the molecule is CC(=O)N[C@H]1[C@H](OCCOCCOCCN)O[C@H](COC(C)=O)[C@H](C)[C@@H]1OC(C)=O. The molecular weight excluding hydrogens is 400 g/mol. The molecule has 11 nitrogen and oxygen atoms in total. The highest BCUT2D eigenvalue weighted by Crippen LogP contribution is 2.29. The molecule has 1 fully saturated rings. The molecule has 11 heteroatoms. The molecule has 0 bridgehead atoms. The van der Waals surface area contributed by atoms with E-state index in [9.17, 15) is 14.4 Å². The molecule has 0 aliphatic carbocycles. The Morgan fingerprint density at radius 1 is 0.967 bits per heavy atom. The third-order valence-electron chi connectivity index (χ3n) is 4.33. The summed E-state index contributed by atoms with van der Waals surface area (Å²) in [5, 5.41) is 2.73. The lowest BCUT2D eigenvalue weighted by Gasteiger charge is -2.44. The summed E-state index contributed by atoms with van der Waals surface area (Å²) in [7, 11) is 0. The first-order chi connectivity index (χ1) is 14.3. The Morgan fingerprint density at radius 2 is 1.60 bits per heavy atom. The molecule has 0 spiro atoms. The van der Waals surface area contributed by atoms with Crippen molar-refractivity contribution in [2.24, 2.45) is 11.7 Å². The number of carbonyl (C=O) groups is 3. The zero-order valence-electron chi connectivity index (χ0n) is 18.1. The number of rotatable bonds is 13. The summed E-state index contributed by atoms with van der Waals surface area (Å²) in [4.78, 5) is 34.5. The van der Waals surface area contributed by atoms with Crippen molar-refractivity contribution in [3.63, 3.8) is 0 Å². The van der Waals surface area contributed by atoms with E-state index in [0.29, 0.717) is 26.4 Å². The average molecular weight is 434 g/mol. The van der Waals surface area contributed by atoms with E-state index in [0.717, 1.165) is 0 Å². The van der Waals surface area contributed by atoms with E-state index < -0.39 is 36.5 Å². The number of ether oxygens (including phenoxy) is 6. The Bertz CT molecular complexity index is 546. The van der Waals surface area contributed by atoms with Crippen LogP contribution in [-0.4, -0.2) is 88.6 Å². The highest BCUT2D eigenvalue weighted by atomic mass is 16.7. The van der Waals surface area contributed by atoms with Crippen molar-refractivity contribution >= 4 is 17.8 Å². The summed E-state index contributed by atoms with van der Waals surface area (Å²) in [6.07, 6.45) is -2.23. The number of hydrogen-bond donors (Lipinski definition) is 2. The number of esters is 2. The van der Waals surface area contributed by atoms with Crippen molar-refractivity contribution < 1.29 is 42.8 Å². The third-order valence-corrected chi connectivity index (χ3v) is 4.33. The molecule has 0 radical (unpaired) electrons. The van der Waals surface area contributed by atoms with Crippen LogP contribution in [0.3, 0.4) is 0 Å². The maximum atomic E-state index is 11.7. The average Bonchev–Trinajstić information content (AvgIpc) is 2.66. The van der Waals surface area contributed by atoms with Crippen LogP contribution in [0.2, 0.25) is 0 Å². The number of nitrogens with two attached hydrogens (primary N) is 1. The van der Waals surface area contributed by atoms with Gasteiger partial charge < -0.3 is 39.5 Å². The summed E-state index contributed by atoms with van der Waals surface area (Å²) in [6.45, 7) is 7.82. The molecule has 0 aromatic carbocycles. The van der Waals surface area contributed by atoms with E-state index in [1.807, 2.05) is 0 Å². The maximum absolute atomic E-state index is 11.7. The van der Waals surface area contributed by atoms with Gasteiger partial charge in [-0.05, 0) is 0 Å². The monoisotopic (exact) mass is 434 g/mol. The predicted molar refractivity (Wildman–Crippen MR) is 104 cm³/mol. The molecule has 0 unspecified atom stereocenters. The number of carbonyl (C=O) groups excluding carboxylic acids is 3. The maximum Gasteiger partial charge on any atom is 0.302 e. The Labute approximate surface area is 176 Å². The van der Waals surface area contributed by atoms with Gasteiger partial charge in [0.2, 0.25) is 5.91 Å². The smallest absolute Gasteiger partial charge is 0.302 e. The summed E-state index contributed by atoms with van der Waals surface area (Å²) >= 11 is 0. The van der Waals surface area contributed by atoms with Gasteiger partial charge in [-0.15, -0.1) is 0 Å². The van der Waals surface area contributed by atoms with Gasteiger partial charge in [-0.3, -0.25) is 14.4 Å². The van der Waals surface area contributed by atoms with Crippen LogP contribution >= 0.6 is 0 Å². The molecular formula is C19H34N2O9. The van der Waals surface area contributed by atoms with E-state index in [2.05, 4.69) is 5.32 Å². The molecule has 1 saturated heterocycles. The highest BCUT2D eigenvalue weighted by Gasteiger charge is 2.47. The van der Waals surface area contributed by atoms with Crippen LogP contribution in [0.15, 0.2) is 0 Å². The van der Waals surface area contributed by atoms with Crippen molar-refractivity contribution in [1.29, 1.82) is 0 Å². The number of amides is 1. The van der Waals surface area contributed by atoms with E-state index in [4.69, 9.17) is 34.2 Å². The van der Waals surface area contributed by atoms with Crippen molar-refractivity contribution in [1.82, 2.24) is 5.32 Å². The van der Waals surface area contributed by atoms with Gasteiger partial charge in [0.05, 0.1) is 33.0 Å². The second-order valence-electron chi connectivity index (χ2n) is 6.89. The first-order valence-electron chi connectivity index (χ1n) is 9.96. The fraction of sp³-hybridized carbons (Fsp3) is 0.842. The Morgan fingerprint density at radius 3 is 2.17 bits per heavy atom. The minimum atomic E-state index is -0.924. The highest BCUT2D eigenvalue weighted by molar-refractivity contribution is 5.73. The minimum Gasteiger partial charge on any atom is -0.463 e. The zero-order valence-corrected chi connectivity index (χ0v) is 18.1. The van der Waals surface area contributed by atoms with Crippen LogP contribution in [0.5, 0.6) is 0 Å². The van der Waals surface area contributed by atoms with Gasteiger partial charge in [0.15, 0.2) is 6.29 Å². The number of hydrogen-bond acceptors (Lipinski definition) is 10. The first-order valence-corrected chi connectivity index (χ1v) is 9.96. The molecule has 1 amide bonds. The van der Waals surface area contributed by atoms with Crippen LogP contribution in [0.1, 0.15) is 27.7 Å². The number of nitrogens with one attached hydrogen (secondary N) is 1. The lowest BCUT2D eigenvalue weighted by atomic mass is 9.89. The predicted octanol–water partition coefficient (Wildman–Crippen LogP) is -0.645. The molecule has 3 N–H and O–H groups in total. The fourth-order valence-corrected chi connectivity index (χ4v) is 2.99. The summed E-state index contributed by atoms with van der Waals surface area (Å²) in [5.41, 5.74) is 5.33. The van der Waals surface area contributed by atoms with E-state index in [1.54, 1.807) is 6.92 Å². The van der Waals surface area contributed by atoms with Crippen LogP contribution < -0.4 is 11.1 Å². The lowest BCUT2D eigenvalue weighted by Crippen LogP contribution is -2.63. The van der Waals surface area contributed by atoms with E-state index in [-0.39, 0.29) is 31.6 Å². The molecule has 30 heavy (non-hydrogen) atoms. The molecule has 0 aromatic rings. The van der Waals surface area contributed by atoms with Crippen LogP contribution in [0, 0.1) is 5.92 Å². The van der Waals surface area contributed by atoms with Crippen molar-refractivity contribution in [2.45, 2.75) is 52.2 Å². The molecule has 1 aliphatic heterocycles. The van der Waals surface area contributed by atoms with E-state index in [1.165, 1.54) is 20.8 Å². The van der Waals surface area contributed by atoms with Gasteiger partial charge in [0.1, 0.15) is 24.9 Å². The molecule has 0 aromatic heterocycles. The van der Waals surface area contributed by atoms with E-state index >= 15 is 0 Å². The van der Waals surface area contributed by atoms with Gasteiger partial charge in [0, 0.05) is 33.2 Å². The second kappa shape index (κ2) is 14.3. The van der Waals surface area contributed by atoms with Crippen LogP contribution in [0.25, 0.3) is 0 Å². The lowest BCUT2D eigenvalue weighted by molar-refractivity contribution is -0.262. The van der Waals surface area contributed by atoms with Crippen molar-refractivity contribution in [2.75, 3.05) is 46.2 Å². The largest absolute Gasteiger partial charge is 0.463 e. The standard InChI is InChI=1S/C19H34N2O9/c1-12-16(11-28-14(3)23)30-19(27-10-9-26-8-7-25-6-5-20)17(21-13(2)22)18(12)29-15(4)24/h12,16-19H,5-11,20H2,1-4H3,(H,21,22)/t12-,16+,17+,18-,19+/m0/s1. The normalized spacial score (nSPS) is 26.1. The second-order valence-corrected chi connectivity index (χ2v) is 6.89. The zero-order chi connectivity index (χ0) is 22.5. The Kier molecular flexibility index (Phi) is 12.5. The molecule has 1 heterocycles. The van der Waals surface area contributed by atoms with Crippen LogP contribution in [0.4, 0.5) is 0 Å². The van der Waals surface area contributed by atoms with Gasteiger partial charge in [-0.1, -0.05) is 6.92 Å². The van der Waals surface area contributed by atoms with Crippen molar-refractivity contribution in [3.8, 4) is 0 Å². The van der Waals surface area contributed by atoms with Gasteiger partial charge in [0.25, 0.3) is 0 Å². The fourth-order valence-electron chi connectivity index (χ4n) is 2.99. The Hall–Kier alpha value is -1.79. The quantitative estimate of drug-likeness (QED) is 0.283. The summed E-state index contributed by atoms with van der Waals surface area (Å²) in [5.74, 6) is -1.65. The molecule has 0 saturated carbocycles. The van der Waals surface area contributed by atoms with Gasteiger partial charge in [-0.25, -0.2) is 0 Å². The summed E-state index contributed by atoms with van der Waals surface area (Å²) < 4.78 is 32.8. The molecule has 1 aliphatic rings.